The van der Waals surface area contributed by atoms with Gasteiger partial charge < -0.3 is 9.88 Å². The van der Waals surface area contributed by atoms with E-state index < -0.39 is 0 Å². The van der Waals surface area contributed by atoms with Gasteiger partial charge in [-0.05, 0) is 46.1 Å². The van der Waals surface area contributed by atoms with Gasteiger partial charge in [-0.2, -0.15) is 0 Å². The fourth-order valence-corrected chi connectivity index (χ4v) is 2.95. The van der Waals surface area contributed by atoms with Crippen LogP contribution < -0.4 is 5.32 Å². The lowest BCUT2D eigenvalue weighted by Gasteiger charge is -2.29. The molecule has 102 valence electrons. The summed E-state index contributed by atoms with van der Waals surface area (Å²) >= 11 is 0. The minimum Gasteiger partial charge on any atom is -0.330 e. The first kappa shape index (κ1) is 13.6. The standard InChI is InChI=1S/C15H27N3/c1-12-6-5-7-13(9-8-12)18-11-17-10-14(18)15(2,3)16-4/h10-13,16H,5-9H2,1-4H3. The Hall–Kier alpha value is -0.830. The average molecular weight is 249 g/mol. The van der Waals surface area contributed by atoms with E-state index in [1.54, 1.807) is 0 Å². The van der Waals surface area contributed by atoms with Gasteiger partial charge in [-0.1, -0.05) is 19.8 Å². The summed E-state index contributed by atoms with van der Waals surface area (Å²) in [5.41, 5.74) is 1.30. The molecular formula is C15H27N3. The van der Waals surface area contributed by atoms with Gasteiger partial charge in [-0.15, -0.1) is 0 Å². The second-order valence-corrected chi connectivity index (χ2v) is 6.33. The number of imidazole rings is 1. The minimum absolute atomic E-state index is 0.00554. The molecule has 1 aromatic heterocycles. The van der Waals surface area contributed by atoms with E-state index in [4.69, 9.17) is 0 Å². The topological polar surface area (TPSA) is 29.9 Å². The number of hydrogen-bond donors (Lipinski definition) is 1. The smallest absolute Gasteiger partial charge is 0.0951 e. The van der Waals surface area contributed by atoms with E-state index in [9.17, 15) is 0 Å². The Morgan fingerprint density at radius 3 is 2.78 bits per heavy atom. The van der Waals surface area contributed by atoms with Gasteiger partial charge in [0.15, 0.2) is 0 Å². The molecule has 1 saturated carbocycles. The van der Waals surface area contributed by atoms with Gasteiger partial charge in [-0.25, -0.2) is 4.98 Å². The molecule has 2 rings (SSSR count). The van der Waals surface area contributed by atoms with Crippen molar-refractivity contribution in [2.75, 3.05) is 7.05 Å². The zero-order valence-corrected chi connectivity index (χ0v) is 12.2. The maximum atomic E-state index is 4.38. The highest BCUT2D eigenvalue weighted by atomic mass is 15.1. The van der Waals surface area contributed by atoms with E-state index in [0.29, 0.717) is 6.04 Å². The quantitative estimate of drug-likeness (QED) is 0.831. The molecule has 2 unspecified atom stereocenters. The van der Waals surface area contributed by atoms with Crippen LogP contribution in [0.1, 0.15) is 64.6 Å². The molecule has 0 aliphatic heterocycles. The molecule has 1 fully saturated rings. The summed E-state index contributed by atoms with van der Waals surface area (Å²) in [5.74, 6) is 0.888. The third kappa shape index (κ3) is 2.77. The number of aromatic nitrogens is 2. The largest absolute Gasteiger partial charge is 0.330 e. The molecular weight excluding hydrogens is 222 g/mol. The van der Waals surface area contributed by atoms with Crippen molar-refractivity contribution < 1.29 is 0 Å². The average Bonchev–Trinajstić information content (AvgIpc) is 2.74. The Labute approximate surface area is 111 Å². The first-order chi connectivity index (χ1) is 8.54. The van der Waals surface area contributed by atoms with Crippen molar-refractivity contribution in [3.8, 4) is 0 Å². The first-order valence-corrected chi connectivity index (χ1v) is 7.26. The highest BCUT2D eigenvalue weighted by Crippen LogP contribution is 2.33. The van der Waals surface area contributed by atoms with Gasteiger partial charge in [0.05, 0.1) is 23.8 Å². The molecule has 1 aliphatic rings. The lowest BCUT2D eigenvalue weighted by Crippen LogP contribution is -2.36. The summed E-state index contributed by atoms with van der Waals surface area (Å²) < 4.78 is 2.41. The van der Waals surface area contributed by atoms with Gasteiger partial charge >= 0.3 is 0 Å². The highest BCUT2D eigenvalue weighted by molar-refractivity contribution is 5.12. The maximum absolute atomic E-state index is 4.38. The lowest BCUT2D eigenvalue weighted by atomic mass is 9.99. The Morgan fingerprint density at radius 2 is 2.06 bits per heavy atom. The van der Waals surface area contributed by atoms with Gasteiger partial charge in [0.1, 0.15) is 0 Å². The van der Waals surface area contributed by atoms with Gasteiger partial charge in [0, 0.05) is 6.04 Å². The summed E-state index contributed by atoms with van der Waals surface area (Å²) in [6.07, 6.45) is 10.7. The van der Waals surface area contributed by atoms with Crippen LogP contribution in [0, 0.1) is 5.92 Å². The van der Waals surface area contributed by atoms with Gasteiger partial charge in [0.25, 0.3) is 0 Å². The van der Waals surface area contributed by atoms with Crippen LogP contribution in [-0.2, 0) is 5.54 Å². The minimum atomic E-state index is -0.00554. The molecule has 1 heterocycles. The van der Waals surface area contributed by atoms with Crippen molar-refractivity contribution in [2.24, 2.45) is 5.92 Å². The molecule has 2 atom stereocenters. The molecule has 1 N–H and O–H groups in total. The zero-order chi connectivity index (χ0) is 13.2. The van der Waals surface area contributed by atoms with Gasteiger partial charge in [0.2, 0.25) is 0 Å². The SMILES string of the molecule is CNC(C)(C)c1cncn1C1CCCC(C)CC1. The monoisotopic (exact) mass is 249 g/mol. The fourth-order valence-electron chi connectivity index (χ4n) is 2.95. The number of rotatable bonds is 3. The van der Waals surface area contributed by atoms with Crippen LogP contribution in [0.4, 0.5) is 0 Å². The third-order valence-corrected chi connectivity index (χ3v) is 4.55. The van der Waals surface area contributed by atoms with Crippen LogP contribution in [0.5, 0.6) is 0 Å². The molecule has 3 nitrogen and oxygen atoms in total. The summed E-state index contributed by atoms with van der Waals surface area (Å²) in [5, 5.41) is 3.39. The Kier molecular flexibility index (Phi) is 4.10. The van der Waals surface area contributed by atoms with Crippen molar-refractivity contribution >= 4 is 0 Å². The van der Waals surface area contributed by atoms with Crippen LogP contribution in [0.2, 0.25) is 0 Å². The molecule has 0 amide bonds. The summed E-state index contributed by atoms with van der Waals surface area (Å²) in [6, 6.07) is 0.639. The summed E-state index contributed by atoms with van der Waals surface area (Å²) in [4.78, 5) is 4.38. The van der Waals surface area contributed by atoms with Crippen molar-refractivity contribution in [2.45, 2.75) is 64.5 Å². The Balaban J connectivity index is 2.20. The van der Waals surface area contributed by atoms with E-state index >= 15 is 0 Å². The van der Waals surface area contributed by atoms with E-state index in [1.807, 2.05) is 19.6 Å². The van der Waals surface area contributed by atoms with Crippen molar-refractivity contribution in [1.82, 2.24) is 14.9 Å². The van der Waals surface area contributed by atoms with Crippen LogP contribution >= 0.6 is 0 Å². The van der Waals surface area contributed by atoms with Crippen molar-refractivity contribution in [1.29, 1.82) is 0 Å². The molecule has 1 aromatic rings. The van der Waals surface area contributed by atoms with E-state index in [-0.39, 0.29) is 5.54 Å². The van der Waals surface area contributed by atoms with Crippen molar-refractivity contribution in [3.63, 3.8) is 0 Å². The Bertz CT molecular complexity index is 381. The number of nitrogens with one attached hydrogen (secondary N) is 1. The lowest BCUT2D eigenvalue weighted by molar-refractivity contribution is 0.360. The predicted molar refractivity (Wildman–Crippen MR) is 75.6 cm³/mol. The normalized spacial score (nSPS) is 26.0. The van der Waals surface area contributed by atoms with Crippen LogP contribution in [-0.4, -0.2) is 16.6 Å². The van der Waals surface area contributed by atoms with E-state index in [2.05, 4.69) is 35.6 Å². The summed E-state index contributed by atoms with van der Waals surface area (Å²) in [6.45, 7) is 6.83. The molecule has 3 heteroatoms. The molecule has 0 aromatic carbocycles. The van der Waals surface area contributed by atoms with Gasteiger partial charge in [-0.3, -0.25) is 0 Å². The molecule has 0 saturated heterocycles. The molecule has 18 heavy (non-hydrogen) atoms. The van der Waals surface area contributed by atoms with E-state index in [1.165, 1.54) is 37.8 Å². The highest BCUT2D eigenvalue weighted by Gasteiger charge is 2.26. The second kappa shape index (κ2) is 5.43. The first-order valence-electron chi connectivity index (χ1n) is 7.26. The molecule has 0 spiro atoms. The van der Waals surface area contributed by atoms with Crippen LogP contribution in [0.3, 0.4) is 0 Å². The fraction of sp³-hybridized carbons (Fsp3) is 0.800. The summed E-state index contributed by atoms with van der Waals surface area (Å²) in [7, 11) is 2.02. The van der Waals surface area contributed by atoms with Crippen LogP contribution in [0.15, 0.2) is 12.5 Å². The zero-order valence-electron chi connectivity index (χ0n) is 12.2. The number of hydrogen-bond acceptors (Lipinski definition) is 2. The predicted octanol–water partition coefficient (Wildman–Crippen LogP) is 3.48. The maximum Gasteiger partial charge on any atom is 0.0951 e. The molecule has 0 radical (unpaired) electrons. The van der Waals surface area contributed by atoms with Crippen LogP contribution in [0.25, 0.3) is 0 Å². The number of nitrogens with zero attached hydrogens (tertiary/aromatic N) is 2. The second-order valence-electron chi connectivity index (χ2n) is 6.33. The Morgan fingerprint density at radius 1 is 1.28 bits per heavy atom. The molecule has 1 aliphatic carbocycles. The van der Waals surface area contributed by atoms with Crippen molar-refractivity contribution in [3.05, 3.63) is 18.2 Å². The molecule has 0 bridgehead atoms. The van der Waals surface area contributed by atoms with E-state index in [0.717, 1.165) is 5.92 Å². The third-order valence-electron chi connectivity index (χ3n) is 4.55.